The largest absolute Gasteiger partial charge is 1.00 e. The van der Waals surface area contributed by atoms with Crippen molar-refractivity contribution in [1.82, 2.24) is 20.0 Å². The minimum absolute atomic E-state index is 0. The molecule has 3 aliphatic heterocycles. The summed E-state index contributed by atoms with van der Waals surface area (Å²) in [6.07, 6.45) is 3.55. The fourth-order valence-electron chi connectivity index (χ4n) is 5.07. The van der Waals surface area contributed by atoms with Gasteiger partial charge in [0.15, 0.2) is 16.7 Å². The van der Waals surface area contributed by atoms with E-state index in [1.54, 1.807) is 58.5 Å². The van der Waals surface area contributed by atoms with Crippen LogP contribution in [0.1, 0.15) is 48.0 Å². The van der Waals surface area contributed by atoms with E-state index in [2.05, 4.69) is 15.5 Å². The molecule has 0 spiro atoms. The highest BCUT2D eigenvalue weighted by molar-refractivity contribution is 8.04. The number of pyridine rings is 1. The Balaban J connectivity index is 0.00000405. The maximum absolute atomic E-state index is 13.4. The fraction of sp³-hybridized carbons (Fsp3) is 0.519. The van der Waals surface area contributed by atoms with Crippen LogP contribution in [-0.2, 0) is 30.4 Å². The zero-order valence-corrected chi connectivity index (χ0v) is 27.3. The van der Waals surface area contributed by atoms with Gasteiger partial charge >= 0.3 is 12.1 Å². The summed E-state index contributed by atoms with van der Waals surface area (Å²) < 4.78 is 13.5. The Morgan fingerprint density at radius 1 is 1.07 bits per heavy atom. The van der Waals surface area contributed by atoms with Crippen LogP contribution >= 0.6 is 23.1 Å². The van der Waals surface area contributed by atoms with Gasteiger partial charge in [-0.1, -0.05) is 29.2 Å². The van der Waals surface area contributed by atoms with Crippen LogP contribution in [0.5, 0.6) is 0 Å². The summed E-state index contributed by atoms with van der Waals surface area (Å²) in [4.78, 5) is 55.9. The van der Waals surface area contributed by atoms with Crippen molar-refractivity contribution in [1.29, 1.82) is 0 Å². The van der Waals surface area contributed by atoms with E-state index in [9.17, 15) is 19.2 Å². The van der Waals surface area contributed by atoms with Crippen LogP contribution in [-0.4, -0.2) is 73.7 Å². The van der Waals surface area contributed by atoms with Crippen molar-refractivity contribution in [2.75, 3.05) is 11.9 Å². The summed E-state index contributed by atoms with van der Waals surface area (Å²) in [5.74, 6) is -1.40. The van der Waals surface area contributed by atoms with E-state index in [0.717, 1.165) is 0 Å². The Hall–Kier alpha value is -3.04. The van der Waals surface area contributed by atoms with Gasteiger partial charge < -0.3 is 26.5 Å². The van der Waals surface area contributed by atoms with Crippen LogP contribution in [0.15, 0.2) is 45.5 Å². The molecule has 3 aliphatic rings. The molecule has 12 nitrogen and oxygen atoms in total. The third kappa shape index (κ3) is 6.62. The van der Waals surface area contributed by atoms with Gasteiger partial charge in [0.05, 0.1) is 6.04 Å². The lowest BCUT2D eigenvalue weighted by molar-refractivity contribution is -0.684. The number of halogens is 1. The number of esters is 1. The standard InChI is InChI=1S/C27H32N6O6S2.BrH/c1-26(2,3)38-22(36)19-20(40-24-30-29-23(41-24)28-16(34)14-31-11-8-7-9-12-31)15-10-13-32(25(37)39-27(4,5)6)18-17(15)33(19)21(18)35;/h7-9,11-12,15,17-18H,10,13-14H2,1-6H3;1H. The number of rotatable bonds is 6. The van der Waals surface area contributed by atoms with E-state index in [4.69, 9.17) is 9.47 Å². The lowest BCUT2D eigenvalue weighted by Crippen LogP contribution is -3.00. The van der Waals surface area contributed by atoms with E-state index < -0.39 is 35.3 Å². The van der Waals surface area contributed by atoms with Gasteiger partial charge in [-0.25, -0.2) is 9.59 Å². The van der Waals surface area contributed by atoms with E-state index in [1.807, 2.05) is 18.2 Å². The monoisotopic (exact) mass is 680 g/mol. The van der Waals surface area contributed by atoms with Crippen molar-refractivity contribution in [2.24, 2.45) is 5.92 Å². The molecule has 0 aromatic carbocycles. The number of nitrogens with zero attached hydrogens (tertiary/aromatic N) is 5. The number of β-lactam (4-membered cyclic amide) rings is 1. The highest BCUT2D eigenvalue weighted by Gasteiger charge is 2.65. The molecule has 42 heavy (non-hydrogen) atoms. The molecule has 3 atom stereocenters. The number of hydrogen-bond donors (Lipinski definition) is 1. The maximum Gasteiger partial charge on any atom is 0.411 e. The number of amides is 3. The molecule has 3 unspecified atom stereocenters. The Labute approximate surface area is 262 Å². The smallest absolute Gasteiger partial charge is 0.411 e. The lowest BCUT2D eigenvalue weighted by atomic mass is 9.81. The minimum Gasteiger partial charge on any atom is -1.00 e. The molecule has 5 rings (SSSR count). The van der Waals surface area contributed by atoms with Crippen molar-refractivity contribution in [3.63, 3.8) is 0 Å². The van der Waals surface area contributed by atoms with Crippen LogP contribution in [0.3, 0.4) is 0 Å². The molecular weight excluding hydrogens is 648 g/mol. The quantitative estimate of drug-likeness (QED) is 0.193. The SMILES string of the molecule is CC(C)(C)OC(=O)C1=C(Sc2nnc(NC(=O)C[n+]3ccccc3)s2)C2CCN(C(=O)OC(C)(C)C)C3C(=O)N1C23.[Br-]. The second-order valence-corrected chi connectivity index (χ2v) is 14.3. The first kappa shape index (κ1) is 31.9. The molecule has 0 radical (unpaired) electrons. The first-order chi connectivity index (χ1) is 19.2. The van der Waals surface area contributed by atoms with Crippen molar-refractivity contribution in [3.05, 3.63) is 41.2 Å². The summed E-state index contributed by atoms with van der Waals surface area (Å²) in [6, 6.07) is 4.41. The fourth-order valence-corrected chi connectivity index (χ4v) is 7.20. The second kappa shape index (κ2) is 11.9. The van der Waals surface area contributed by atoms with Gasteiger partial charge in [-0.3, -0.25) is 24.7 Å². The number of carbonyl (C=O) groups excluding carboxylic acids is 4. The number of nitrogens with one attached hydrogen (secondary N) is 1. The number of ether oxygens (including phenoxy) is 2. The molecule has 2 aromatic rings. The Morgan fingerprint density at radius 2 is 1.74 bits per heavy atom. The molecule has 2 saturated heterocycles. The highest BCUT2D eigenvalue weighted by Crippen LogP contribution is 2.54. The number of carbonyl (C=O) groups is 4. The van der Waals surface area contributed by atoms with Crippen LogP contribution in [0.25, 0.3) is 0 Å². The van der Waals surface area contributed by atoms with Crippen LogP contribution in [0.4, 0.5) is 9.93 Å². The van der Waals surface area contributed by atoms with Gasteiger partial charge in [0.25, 0.3) is 11.8 Å². The molecule has 5 heterocycles. The number of hydrogen-bond acceptors (Lipinski definition) is 10. The molecule has 0 aliphatic carbocycles. The lowest BCUT2D eigenvalue weighted by Gasteiger charge is -2.53. The summed E-state index contributed by atoms with van der Waals surface area (Å²) >= 11 is 2.42. The van der Waals surface area contributed by atoms with E-state index in [0.29, 0.717) is 27.3 Å². The number of piperidine rings is 1. The van der Waals surface area contributed by atoms with E-state index >= 15 is 0 Å². The Kier molecular flexibility index (Phi) is 9.05. The molecule has 0 bridgehead atoms. The number of likely N-dealkylation sites (tertiary alicyclic amines) is 1. The first-order valence-electron chi connectivity index (χ1n) is 13.3. The van der Waals surface area contributed by atoms with Gasteiger partial charge in [0, 0.05) is 29.5 Å². The summed E-state index contributed by atoms with van der Waals surface area (Å²) in [7, 11) is 0. The zero-order chi connectivity index (χ0) is 29.7. The van der Waals surface area contributed by atoms with Gasteiger partial charge in [0.2, 0.25) is 11.7 Å². The van der Waals surface area contributed by atoms with Gasteiger partial charge in [0.1, 0.15) is 22.9 Å². The first-order valence-corrected chi connectivity index (χ1v) is 14.9. The van der Waals surface area contributed by atoms with Gasteiger partial charge in [-0.15, -0.1) is 10.2 Å². The van der Waals surface area contributed by atoms with E-state index in [1.165, 1.54) is 32.9 Å². The molecule has 3 amide bonds. The number of thioether (sulfide) groups is 1. The third-order valence-electron chi connectivity index (χ3n) is 6.53. The minimum atomic E-state index is -0.777. The predicted octanol–water partition coefficient (Wildman–Crippen LogP) is -0.0363. The van der Waals surface area contributed by atoms with Crippen molar-refractivity contribution in [3.8, 4) is 0 Å². The normalized spacial score (nSPS) is 21.3. The average Bonchev–Trinajstić information content (AvgIpc) is 3.43. The maximum atomic E-state index is 13.4. The second-order valence-electron chi connectivity index (χ2n) is 12.0. The topological polar surface area (TPSA) is 135 Å². The van der Waals surface area contributed by atoms with Crippen molar-refractivity contribution in [2.45, 2.75) is 82.1 Å². The number of anilines is 1. The summed E-state index contributed by atoms with van der Waals surface area (Å²) in [5.41, 5.74) is -1.31. The van der Waals surface area contributed by atoms with Crippen LogP contribution in [0, 0.1) is 5.92 Å². The Morgan fingerprint density at radius 3 is 2.38 bits per heavy atom. The highest BCUT2D eigenvalue weighted by atomic mass is 79.9. The molecular formula is C27H33BrN6O6S2. The molecule has 226 valence electrons. The van der Waals surface area contributed by atoms with Crippen LogP contribution < -0.4 is 26.9 Å². The van der Waals surface area contributed by atoms with Crippen molar-refractivity contribution < 1.29 is 50.2 Å². The van der Waals surface area contributed by atoms with Gasteiger partial charge in [-0.2, -0.15) is 4.57 Å². The average molecular weight is 682 g/mol. The number of aromatic nitrogens is 3. The Bertz CT molecular complexity index is 1420. The predicted molar refractivity (Wildman–Crippen MR) is 149 cm³/mol. The van der Waals surface area contributed by atoms with Crippen LogP contribution in [0.2, 0.25) is 0 Å². The molecule has 2 aromatic heterocycles. The summed E-state index contributed by atoms with van der Waals surface area (Å²) in [6.45, 7) is 11.0. The molecule has 1 N–H and O–H groups in total. The van der Waals surface area contributed by atoms with E-state index in [-0.39, 0.29) is 47.0 Å². The zero-order valence-electron chi connectivity index (χ0n) is 24.1. The van der Waals surface area contributed by atoms with Gasteiger partial charge in [-0.05, 0) is 48.0 Å². The summed E-state index contributed by atoms with van der Waals surface area (Å²) in [5, 5.41) is 11.4. The van der Waals surface area contributed by atoms with Crippen molar-refractivity contribution >= 4 is 52.1 Å². The third-order valence-corrected chi connectivity index (χ3v) is 8.63. The molecule has 0 saturated carbocycles. The molecule has 15 heteroatoms. The molecule has 2 fully saturated rings.